The topological polar surface area (TPSA) is 53.6 Å². The van der Waals surface area contributed by atoms with Gasteiger partial charge in [0.2, 0.25) is 0 Å². The van der Waals surface area contributed by atoms with Gasteiger partial charge < -0.3 is 5.32 Å². The number of hydrogen-bond acceptors (Lipinski definition) is 3. The molecule has 4 aliphatic carbocycles. The van der Waals surface area contributed by atoms with Crippen molar-refractivity contribution in [2.24, 2.45) is 12.5 Å². The van der Waals surface area contributed by atoms with Gasteiger partial charge in [-0.1, -0.05) is 11.6 Å². The molecule has 2 fully saturated rings. The third-order valence-electron chi connectivity index (χ3n) is 6.37. The van der Waals surface area contributed by atoms with Crippen LogP contribution in [0.25, 0.3) is 5.57 Å². The Labute approximate surface area is 154 Å². The molecule has 0 aliphatic heterocycles. The highest BCUT2D eigenvalue weighted by molar-refractivity contribution is 5.70. The minimum atomic E-state index is 0.402. The van der Waals surface area contributed by atoms with Crippen molar-refractivity contribution >= 4 is 11.3 Å². The molecule has 4 aliphatic rings. The van der Waals surface area contributed by atoms with Crippen molar-refractivity contribution in [1.82, 2.24) is 9.78 Å². The molecule has 1 N–H and O–H groups in total. The molecule has 6 rings (SSSR count). The maximum Gasteiger partial charge on any atom is 0.0992 e. The SMILES string of the molecule is Cn1nc(C2CC2)cc1C1=C2CC(CNc3cccc(C#N)c3)(CC1)C2. The number of nitrogens with zero attached hydrogens (tertiary/aromatic N) is 3. The Morgan fingerprint density at radius 1 is 1.31 bits per heavy atom. The molecule has 0 spiro atoms. The minimum absolute atomic E-state index is 0.402. The van der Waals surface area contributed by atoms with Gasteiger partial charge in [-0.15, -0.1) is 0 Å². The van der Waals surface area contributed by atoms with E-state index in [0.717, 1.165) is 23.7 Å². The molecule has 0 radical (unpaired) electrons. The second kappa shape index (κ2) is 5.74. The van der Waals surface area contributed by atoms with Crippen LogP contribution in [0.1, 0.15) is 61.4 Å². The van der Waals surface area contributed by atoms with E-state index in [1.807, 2.05) is 18.2 Å². The normalized spacial score (nSPS) is 20.5. The third-order valence-corrected chi connectivity index (χ3v) is 6.37. The van der Waals surface area contributed by atoms with E-state index >= 15 is 0 Å². The summed E-state index contributed by atoms with van der Waals surface area (Å²) >= 11 is 0. The van der Waals surface area contributed by atoms with Crippen molar-refractivity contribution in [2.45, 2.75) is 44.4 Å². The second-order valence-electron chi connectivity index (χ2n) is 8.33. The quantitative estimate of drug-likeness (QED) is 0.862. The number of anilines is 1. The number of benzene rings is 1. The highest BCUT2D eigenvalue weighted by atomic mass is 15.3. The fourth-order valence-corrected chi connectivity index (χ4v) is 4.67. The third kappa shape index (κ3) is 2.63. The zero-order chi connectivity index (χ0) is 17.7. The van der Waals surface area contributed by atoms with E-state index in [4.69, 9.17) is 10.4 Å². The number of fused-ring (bicyclic) bond motifs is 2. The van der Waals surface area contributed by atoms with E-state index in [1.165, 1.54) is 49.9 Å². The van der Waals surface area contributed by atoms with Crippen LogP contribution in [0.5, 0.6) is 0 Å². The zero-order valence-electron chi connectivity index (χ0n) is 15.3. The number of rotatable bonds is 5. The summed E-state index contributed by atoms with van der Waals surface area (Å²) < 4.78 is 2.10. The van der Waals surface area contributed by atoms with Crippen LogP contribution in [0.4, 0.5) is 5.69 Å². The van der Waals surface area contributed by atoms with E-state index in [2.05, 4.69) is 35.2 Å². The van der Waals surface area contributed by atoms with Crippen LogP contribution in [0.3, 0.4) is 0 Å². The van der Waals surface area contributed by atoms with Gasteiger partial charge in [-0.2, -0.15) is 10.4 Å². The molecule has 1 aromatic heterocycles. The maximum absolute atomic E-state index is 9.05. The Morgan fingerprint density at radius 3 is 2.85 bits per heavy atom. The average Bonchev–Trinajstić information content (AvgIpc) is 3.42. The molecule has 1 aromatic carbocycles. The molecule has 132 valence electrons. The molecule has 0 amide bonds. The van der Waals surface area contributed by atoms with E-state index in [1.54, 1.807) is 11.1 Å². The number of allylic oxidation sites excluding steroid dienone is 2. The zero-order valence-corrected chi connectivity index (χ0v) is 15.3. The molecular weight excluding hydrogens is 320 g/mol. The average molecular weight is 344 g/mol. The first kappa shape index (κ1) is 15.7. The Balaban J connectivity index is 1.29. The lowest BCUT2D eigenvalue weighted by molar-refractivity contribution is 0.193. The van der Waals surface area contributed by atoms with Crippen molar-refractivity contribution in [1.29, 1.82) is 5.26 Å². The van der Waals surface area contributed by atoms with Gasteiger partial charge in [0.15, 0.2) is 0 Å². The summed E-state index contributed by atoms with van der Waals surface area (Å²) in [5.41, 5.74) is 8.02. The first-order valence-electron chi connectivity index (χ1n) is 9.65. The van der Waals surface area contributed by atoms with Crippen molar-refractivity contribution in [2.75, 3.05) is 11.9 Å². The second-order valence-corrected chi connectivity index (χ2v) is 8.33. The summed E-state index contributed by atoms with van der Waals surface area (Å²) in [6.07, 6.45) is 7.43. The number of nitrogens with one attached hydrogen (secondary N) is 1. The van der Waals surface area contributed by atoms with Gasteiger partial charge in [-0.05, 0) is 73.8 Å². The standard InChI is InChI=1S/C22H24N4/c1-26-21(10-20(25-26)16-5-6-16)19-7-8-22(11-17(19)12-22)14-24-18-4-2-3-15(9-18)13-23/h2-4,9-10,16,24H,5-8,11-12,14H2,1H3. The summed E-state index contributed by atoms with van der Waals surface area (Å²) in [6, 6.07) is 12.3. The summed E-state index contributed by atoms with van der Waals surface area (Å²) in [6.45, 7) is 0.997. The Morgan fingerprint density at radius 2 is 2.15 bits per heavy atom. The van der Waals surface area contributed by atoms with Gasteiger partial charge >= 0.3 is 0 Å². The van der Waals surface area contributed by atoms with E-state index in [0.29, 0.717) is 5.41 Å². The molecule has 0 saturated heterocycles. The smallest absolute Gasteiger partial charge is 0.0992 e. The molecule has 2 aromatic rings. The molecule has 0 unspecified atom stereocenters. The van der Waals surface area contributed by atoms with Gasteiger partial charge in [-0.3, -0.25) is 4.68 Å². The first-order valence-corrected chi connectivity index (χ1v) is 9.65. The van der Waals surface area contributed by atoms with Gasteiger partial charge in [0, 0.05) is 25.2 Å². The van der Waals surface area contributed by atoms with Gasteiger partial charge in [0.1, 0.15) is 0 Å². The molecule has 1 heterocycles. The monoisotopic (exact) mass is 344 g/mol. The molecule has 0 atom stereocenters. The van der Waals surface area contributed by atoms with Crippen LogP contribution in [-0.4, -0.2) is 16.3 Å². The van der Waals surface area contributed by atoms with Gasteiger partial charge in [0.25, 0.3) is 0 Å². The summed E-state index contributed by atoms with van der Waals surface area (Å²) in [4.78, 5) is 0. The van der Waals surface area contributed by atoms with E-state index in [9.17, 15) is 0 Å². The molecule has 2 bridgehead atoms. The predicted octanol–water partition coefficient (Wildman–Crippen LogP) is 4.61. The first-order chi connectivity index (χ1) is 12.7. The minimum Gasteiger partial charge on any atom is -0.384 e. The molecule has 26 heavy (non-hydrogen) atoms. The fraction of sp³-hybridized carbons (Fsp3) is 0.455. The largest absolute Gasteiger partial charge is 0.384 e. The molecule has 2 saturated carbocycles. The van der Waals surface area contributed by atoms with Crippen LogP contribution in [0, 0.1) is 16.7 Å². The number of aromatic nitrogens is 2. The van der Waals surface area contributed by atoms with Crippen molar-refractivity contribution in [3.05, 3.63) is 52.9 Å². The van der Waals surface area contributed by atoms with Crippen LogP contribution < -0.4 is 5.32 Å². The highest BCUT2D eigenvalue weighted by Gasteiger charge is 2.45. The summed E-state index contributed by atoms with van der Waals surface area (Å²) in [5, 5.41) is 17.4. The molecular formula is C22H24N4. The Hall–Kier alpha value is -2.54. The number of aryl methyl sites for hydroxylation is 1. The number of nitriles is 1. The van der Waals surface area contributed by atoms with Crippen LogP contribution in [0.2, 0.25) is 0 Å². The van der Waals surface area contributed by atoms with Crippen molar-refractivity contribution < 1.29 is 0 Å². The highest BCUT2D eigenvalue weighted by Crippen LogP contribution is 2.57. The van der Waals surface area contributed by atoms with Crippen LogP contribution in [-0.2, 0) is 7.05 Å². The maximum atomic E-state index is 9.05. The van der Waals surface area contributed by atoms with E-state index < -0.39 is 0 Å². The Bertz CT molecular complexity index is 931. The van der Waals surface area contributed by atoms with Crippen LogP contribution in [0.15, 0.2) is 35.9 Å². The van der Waals surface area contributed by atoms with Crippen LogP contribution >= 0.6 is 0 Å². The molecule has 4 heteroatoms. The predicted molar refractivity (Wildman–Crippen MR) is 103 cm³/mol. The van der Waals surface area contributed by atoms with Crippen molar-refractivity contribution in [3.8, 4) is 6.07 Å². The molecule has 4 nitrogen and oxygen atoms in total. The van der Waals surface area contributed by atoms with E-state index in [-0.39, 0.29) is 0 Å². The summed E-state index contributed by atoms with van der Waals surface area (Å²) in [5.74, 6) is 0.720. The van der Waals surface area contributed by atoms with Gasteiger partial charge in [0.05, 0.1) is 23.0 Å². The lowest BCUT2D eigenvalue weighted by Crippen LogP contribution is -2.41. The number of hydrogen-bond donors (Lipinski definition) is 1. The lowest BCUT2D eigenvalue weighted by Gasteiger charge is -2.50. The Kier molecular flexibility index (Phi) is 3.46. The fourth-order valence-electron chi connectivity index (χ4n) is 4.67. The lowest BCUT2D eigenvalue weighted by atomic mass is 9.57. The summed E-state index contributed by atoms with van der Waals surface area (Å²) in [7, 11) is 2.10. The van der Waals surface area contributed by atoms with Crippen molar-refractivity contribution in [3.63, 3.8) is 0 Å². The van der Waals surface area contributed by atoms with Gasteiger partial charge in [-0.25, -0.2) is 0 Å².